The van der Waals surface area contributed by atoms with Crippen LogP contribution in [-0.2, 0) is 17.8 Å². The van der Waals surface area contributed by atoms with Gasteiger partial charge in [0.2, 0.25) is 5.91 Å². The SMILES string of the molecule is O=C(CSc1nnc(COc2ccccc2Cl)n1C1CC1)N1CCCc2ccccc21. The molecular weight excluding hydrogens is 432 g/mol. The Hall–Kier alpha value is -2.51. The van der Waals surface area contributed by atoms with E-state index in [1.54, 1.807) is 6.07 Å². The summed E-state index contributed by atoms with van der Waals surface area (Å²) in [6.45, 7) is 1.06. The van der Waals surface area contributed by atoms with Crippen molar-refractivity contribution < 1.29 is 9.53 Å². The molecule has 1 aromatic heterocycles. The van der Waals surface area contributed by atoms with E-state index in [0.29, 0.717) is 29.2 Å². The zero-order valence-electron chi connectivity index (χ0n) is 17.0. The quantitative estimate of drug-likeness (QED) is 0.474. The number of anilines is 1. The van der Waals surface area contributed by atoms with Crippen molar-refractivity contribution in [2.75, 3.05) is 17.2 Å². The molecule has 1 amide bonds. The molecule has 0 radical (unpaired) electrons. The Morgan fingerprint density at radius 2 is 1.94 bits per heavy atom. The van der Waals surface area contributed by atoms with Crippen molar-refractivity contribution >= 4 is 35.0 Å². The Morgan fingerprint density at radius 3 is 2.77 bits per heavy atom. The first-order chi connectivity index (χ1) is 15.2. The number of ether oxygens (including phenoxy) is 1. The molecule has 1 aliphatic heterocycles. The van der Waals surface area contributed by atoms with Crippen LogP contribution in [0.15, 0.2) is 53.7 Å². The van der Waals surface area contributed by atoms with Crippen molar-refractivity contribution in [3.05, 3.63) is 64.9 Å². The highest BCUT2D eigenvalue weighted by molar-refractivity contribution is 7.99. The Balaban J connectivity index is 1.27. The highest BCUT2D eigenvalue weighted by Crippen LogP contribution is 2.39. The van der Waals surface area contributed by atoms with E-state index in [9.17, 15) is 4.79 Å². The number of aryl methyl sites for hydroxylation is 1. The first-order valence-corrected chi connectivity index (χ1v) is 11.9. The van der Waals surface area contributed by atoms with Gasteiger partial charge >= 0.3 is 0 Å². The Morgan fingerprint density at radius 1 is 1.13 bits per heavy atom. The number of thioether (sulfide) groups is 1. The number of amides is 1. The number of fused-ring (bicyclic) bond motifs is 1. The summed E-state index contributed by atoms with van der Waals surface area (Å²) in [5.41, 5.74) is 2.28. The minimum Gasteiger partial charge on any atom is -0.484 e. The first-order valence-electron chi connectivity index (χ1n) is 10.5. The molecule has 0 spiro atoms. The van der Waals surface area contributed by atoms with Crippen LogP contribution in [0.25, 0.3) is 0 Å². The number of benzene rings is 2. The van der Waals surface area contributed by atoms with Crippen LogP contribution < -0.4 is 9.64 Å². The van der Waals surface area contributed by atoms with Crippen LogP contribution >= 0.6 is 23.4 Å². The predicted molar refractivity (Wildman–Crippen MR) is 122 cm³/mol. The third kappa shape index (κ3) is 4.43. The third-order valence-electron chi connectivity index (χ3n) is 5.58. The van der Waals surface area contributed by atoms with Gasteiger partial charge in [-0.15, -0.1) is 10.2 Å². The van der Waals surface area contributed by atoms with E-state index >= 15 is 0 Å². The van der Waals surface area contributed by atoms with Crippen LogP contribution in [0.2, 0.25) is 5.02 Å². The van der Waals surface area contributed by atoms with E-state index in [0.717, 1.165) is 48.9 Å². The van der Waals surface area contributed by atoms with Gasteiger partial charge in [0.15, 0.2) is 11.0 Å². The number of aromatic nitrogens is 3. The summed E-state index contributed by atoms with van der Waals surface area (Å²) >= 11 is 7.64. The maximum Gasteiger partial charge on any atom is 0.237 e. The van der Waals surface area contributed by atoms with Gasteiger partial charge < -0.3 is 9.64 Å². The topological polar surface area (TPSA) is 60.2 Å². The molecular formula is C23H23ClN4O2S. The highest BCUT2D eigenvalue weighted by atomic mass is 35.5. The fourth-order valence-corrected chi connectivity index (χ4v) is 5.00. The number of nitrogens with zero attached hydrogens (tertiary/aromatic N) is 4. The van der Waals surface area contributed by atoms with Gasteiger partial charge in [-0.05, 0) is 49.4 Å². The molecule has 0 bridgehead atoms. The number of carbonyl (C=O) groups is 1. The molecule has 2 aliphatic rings. The molecule has 6 nitrogen and oxygen atoms in total. The summed E-state index contributed by atoms with van der Waals surface area (Å²) in [4.78, 5) is 14.9. The van der Waals surface area contributed by atoms with Crippen molar-refractivity contribution in [1.29, 1.82) is 0 Å². The summed E-state index contributed by atoms with van der Waals surface area (Å²) in [5, 5.41) is 10.1. The zero-order valence-corrected chi connectivity index (χ0v) is 18.6. The lowest BCUT2D eigenvalue weighted by molar-refractivity contribution is -0.116. The van der Waals surface area contributed by atoms with Crippen LogP contribution in [-0.4, -0.2) is 33.0 Å². The molecule has 0 unspecified atom stereocenters. The molecule has 2 heterocycles. The minimum atomic E-state index is 0.108. The van der Waals surface area contributed by atoms with E-state index in [-0.39, 0.29) is 5.91 Å². The van der Waals surface area contributed by atoms with E-state index < -0.39 is 0 Å². The van der Waals surface area contributed by atoms with Crippen LogP contribution in [0.1, 0.15) is 36.7 Å². The number of para-hydroxylation sites is 2. The van der Waals surface area contributed by atoms with Gasteiger partial charge in [0.25, 0.3) is 0 Å². The van der Waals surface area contributed by atoms with Gasteiger partial charge in [-0.2, -0.15) is 0 Å². The van der Waals surface area contributed by atoms with E-state index in [1.807, 2.05) is 41.3 Å². The van der Waals surface area contributed by atoms with Gasteiger partial charge in [-0.3, -0.25) is 9.36 Å². The average molecular weight is 455 g/mol. The second kappa shape index (κ2) is 8.93. The van der Waals surface area contributed by atoms with E-state index in [4.69, 9.17) is 16.3 Å². The van der Waals surface area contributed by atoms with Crippen LogP contribution in [0, 0.1) is 0 Å². The van der Waals surface area contributed by atoms with Crippen LogP contribution in [0.3, 0.4) is 0 Å². The second-order valence-corrected chi connectivity index (χ2v) is 9.14. The van der Waals surface area contributed by atoms with Gasteiger partial charge in [0.05, 0.1) is 10.8 Å². The molecule has 3 aromatic rings. The van der Waals surface area contributed by atoms with Gasteiger partial charge in [0.1, 0.15) is 12.4 Å². The van der Waals surface area contributed by atoms with Crippen molar-refractivity contribution in [2.24, 2.45) is 0 Å². The van der Waals surface area contributed by atoms with Crippen LogP contribution in [0.5, 0.6) is 5.75 Å². The maximum atomic E-state index is 13.0. The summed E-state index contributed by atoms with van der Waals surface area (Å²) in [7, 11) is 0. The van der Waals surface area contributed by atoms with Gasteiger partial charge in [0, 0.05) is 18.3 Å². The number of halogens is 1. The molecule has 1 fully saturated rings. The Kier molecular flexibility index (Phi) is 5.87. The predicted octanol–water partition coefficient (Wildman–Crippen LogP) is 4.92. The fourth-order valence-electron chi connectivity index (χ4n) is 3.90. The standard InChI is InChI=1S/C23H23ClN4O2S/c24-18-8-2-4-10-20(18)30-14-21-25-26-23(28(21)17-11-12-17)31-15-22(29)27-13-5-7-16-6-1-3-9-19(16)27/h1-4,6,8-10,17H,5,7,11-15H2. The molecule has 1 aliphatic carbocycles. The number of rotatable bonds is 7. The molecule has 2 aromatic carbocycles. The normalized spacial score (nSPS) is 15.6. The number of hydrogen-bond acceptors (Lipinski definition) is 5. The lowest BCUT2D eigenvalue weighted by atomic mass is 10.0. The van der Waals surface area contributed by atoms with Crippen molar-refractivity contribution in [1.82, 2.24) is 14.8 Å². The molecule has 1 saturated carbocycles. The van der Waals surface area contributed by atoms with Crippen molar-refractivity contribution in [2.45, 2.75) is 43.5 Å². The Bertz CT molecular complexity index is 1100. The zero-order chi connectivity index (χ0) is 21.2. The lowest BCUT2D eigenvalue weighted by Gasteiger charge is -2.29. The first kappa shape index (κ1) is 20.4. The van der Waals surface area contributed by atoms with E-state index in [1.165, 1.54) is 17.3 Å². The monoisotopic (exact) mass is 454 g/mol. The Labute approximate surface area is 190 Å². The molecule has 5 rings (SSSR count). The second-order valence-electron chi connectivity index (χ2n) is 7.79. The van der Waals surface area contributed by atoms with Crippen molar-refractivity contribution in [3.8, 4) is 5.75 Å². The summed E-state index contributed by atoms with van der Waals surface area (Å²) < 4.78 is 8.00. The fraction of sp³-hybridized carbons (Fsp3) is 0.348. The molecule has 0 atom stereocenters. The number of hydrogen-bond donors (Lipinski definition) is 0. The third-order valence-corrected chi connectivity index (χ3v) is 6.82. The highest BCUT2D eigenvalue weighted by Gasteiger charge is 2.31. The smallest absolute Gasteiger partial charge is 0.237 e. The lowest BCUT2D eigenvalue weighted by Crippen LogP contribution is -2.36. The van der Waals surface area contributed by atoms with Crippen LogP contribution in [0.4, 0.5) is 5.69 Å². The number of carbonyl (C=O) groups excluding carboxylic acids is 1. The molecule has 31 heavy (non-hydrogen) atoms. The van der Waals surface area contributed by atoms with Gasteiger partial charge in [-0.25, -0.2) is 0 Å². The molecule has 8 heteroatoms. The minimum absolute atomic E-state index is 0.108. The van der Waals surface area contributed by atoms with Crippen molar-refractivity contribution in [3.63, 3.8) is 0 Å². The molecule has 160 valence electrons. The maximum absolute atomic E-state index is 13.0. The van der Waals surface area contributed by atoms with Gasteiger partial charge in [-0.1, -0.05) is 53.7 Å². The summed E-state index contributed by atoms with van der Waals surface area (Å²) in [6.07, 6.45) is 4.21. The summed E-state index contributed by atoms with van der Waals surface area (Å²) in [6, 6.07) is 15.9. The van der Waals surface area contributed by atoms with E-state index in [2.05, 4.69) is 20.8 Å². The average Bonchev–Trinajstić information content (AvgIpc) is 3.56. The largest absolute Gasteiger partial charge is 0.484 e. The molecule has 0 saturated heterocycles. The molecule has 0 N–H and O–H groups in total. The summed E-state index contributed by atoms with van der Waals surface area (Å²) in [5.74, 6) is 1.84.